The lowest BCUT2D eigenvalue weighted by Gasteiger charge is -2.34. The molecule has 1 N–H and O–H groups in total. The van der Waals surface area contributed by atoms with Gasteiger partial charge in [0.15, 0.2) is 0 Å². The summed E-state index contributed by atoms with van der Waals surface area (Å²) in [7, 11) is 0. The number of amides is 1. The molecule has 1 aliphatic rings. The third-order valence-corrected chi connectivity index (χ3v) is 5.72. The molecule has 3 rings (SSSR count). The van der Waals surface area contributed by atoms with Gasteiger partial charge in [0.05, 0.1) is 15.7 Å². The maximum absolute atomic E-state index is 12.2. The molecule has 0 atom stereocenters. The molecule has 156 valence electrons. The molecular formula is C21H24Cl3N3O2. The zero-order valence-electron chi connectivity index (χ0n) is 16.0. The van der Waals surface area contributed by atoms with E-state index in [-0.39, 0.29) is 5.91 Å². The quantitative estimate of drug-likeness (QED) is 0.627. The second kappa shape index (κ2) is 11.0. The maximum atomic E-state index is 12.2. The molecule has 1 aliphatic heterocycles. The summed E-state index contributed by atoms with van der Waals surface area (Å²) < 4.78 is 5.76. The Labute approximate surface area is 186 Å². The first-order valence-corrected chi connectivity index (χ1v) is 10.7. The number of para-hydroxylation sites is 1. The lowest BCUT2D eigenvalue weighted by molar-refractivity contribution is -0.116. The summed E-state index contributed by atoms with van der Waals surface area (Å²) in [5.74, 6) is 0.747. The lowest BCUT2D eigenvalue weighted by atomic mass is 10.2. The van der Waals surface area contributed by atoms with Gasteiger partial charge in [0.1, 0.15) is 12.4 Å². The Balaban J connectivity index is 1.32. The van der Waals surface area contributed by atoms with Crippen molar-refractivity contribution in [3.05, 3.63) is 57.5 Å². The van der Waals surface area contributed by atoms with Gasteiger partial charge in [0.25, 0.3) is 0 Å². The van der Waals surface area contributed by atoms with Gasteiger partial charge in [-0.2, -0.15) is 0 Å². The highest BCUT2D eigenvalue weighted by atomic mass is 35.5. The second-order valence-electron chi connectivity index (χ2n) is 6.88. The first-order chi connectivity index (χ1) is 14.0. The number of nitrogens with one attached hydrogen (secondary N) is 1. The molecule has 0 bridgehead atoms. The van der Waals surface area contributed by atoms with Gasteiger partial charge in [-0.1, -0.05) is 40.9 Å². The average molecular weight is 457 g/mol. The van der Waals surface area contributed by atoms with Crippen LogP contribution in [0.15, 0.2) is 42.5 Å². The van der Waals surface area contributed by atoms with E-state index in [1.807, 2.05) is 24.3 Å². The first kappa shape index (κ1) is 22.2. The molecule has 2 aromatic rings. The number of anilines is 1. The van der Waals surface area contributed by atoms with E-state index < -0.39 is 0 Å². The summed E-state index contributed by atoms with van der Waals surface area (Å²) in [5, 5.41) is 4.40. The van der Waals surface area contributed by atoms with Gasteiger partial charge >= 0.3 is 0 Å². The summed E-state index contributed by atoms with van der Waals surface area (Å²) in [4.78, 5) is 16.9. The van der Waals surface area contributed by atoms with Crippen LogP contribution in [0.5, 0.6) is 5.75 Å². The van der Waals surface area contributed by atoms with Crippen LogP contribution in [0.25, 0.3) is 0 Å². The largest absolute Gasteiger partial charge is 0.492 e. The minimum absolute atomic E-state index is 0.0844. The Morgan fingerprint density at radius 3 is 2.10 bits per heavy atom. The molecule has 0 spiro atoms. The zero-order valence-corrected chi connectivity index (χ0v) is 18.3. The van der Waals surface area contributed by atoms with E-state index in [4.69, 9.17) is 39.5 Å². The van der Waals surface area contributed by atoms with Crippen molar-refractivity contribution in [2.45, 2.75) is 6.42 Å². The predicted molar refractivity (Wildman–Crippen MR) is 120 cm³/mol. The van der Waals surface area contributed by atoms with Crippen LogP contribution in [-0.4, -0.2) is 61.6 Å². The van der Waals surface area contributed by atoms with Crippen LogP contribution in [0, 0.1) is 0 Å². The zero-order chi connectivity index (χ0) is 20.6. The van der Waals surface area contributed by atoms with Gasteiger partial charge < -0.3 is 15.0 Å². The summed E-state index contributed by atoms with van der Waals surface area (Å²) in [5.41, 5.74) is 0.478. The molecule has 5 nitrogen and oxygen atoms in total. The molecule has 2 aromatic carbocycles. The smallest absolute Gasteiger partial charge is 0.225 e. The summed E-state index contributed by atoms with van der Waals surface area (Å²) in [6.07, 6.45) is 0.404. The fraction of sp³-hybridized carbons (Fsp3) is 0.381. The number of hydrogen-bond donors (Lipinski definition) is 1. The molecule has 29 heavy (non-hydrogen) atoms. The van der Waals surface area contributed by atoms with Gasteiger partial charge in [-0.3, -0.25) is 9.69 Å². The van der Waals surface area contributed by atoms with Crippen molar-refractivity contribution in [1.82, 2.24) is 9.80 Å². The van der Waals surface area contributed by atoms with Crippen molar-refractivity contribution in [1.29, 1.82) is 0 Å². The lowest BCUT2D eigenvalue weighted by Crippen LogP contribution is -2.48. The van der Waals surface area contributed by atoms with Gasteiger partial charge in [-0.05, 0) is 36.4 Å². The highest BCUT2D eigenvalue weighted by Crippen LogP contribution is 2.29. The van der Waals surface area contributed by atoms with Crippen molar-refractivity contribution >= 4 is 46.4 Å². The van der Waals surface area contributed by atoms with E-state index in [2.05, 4.69) is 15.1 Å². The number of carbonyl (C=O) groups excluding carboxylic acids is 1. The number of piperazine rings is 1. The Morgan fingerprint density at radius 1 is 0.897 bits per heavy atom. The van der Waals surface area contributed by atoms with E-state index in [0.29, 0.717) is 40.3 Å². The number of carbonyl (C=O) groups is 1. The molecule has 0 aliphatic carbocycles. The summed E-state index contributed by atoms with van der Waals surface area (Å²) in [6, 6.07) is 12.6. The van der Waals surface area contributed by atoms with Crippen LogP contribution >= 0.6 is 34.8 Å². The van der Waals surface area contributed by atoms with Gasteiger partial charge in [-0.15, -0.1) is 0 Å². The summed E-state index contributed by atoms with van der Waals surface area (Å²) >= 11 is 18.1. The van der Waals surface area contributed by atoms with Crippen LogP contribution < -0.4 is 10.1 Å². The molecular weight excluding hydrogens is 433 g/mol. The van der Waals surface area contributed by atoms with Crippen molar-refractivity contribution in [3.8, 4) is 5.75 Å². The standard InChI is InChI=1S/C21H24Cl3N3O2/c22-16-4-6-17(7-5-16)29-15-14-27-12-10-26(11-13-27)9-8-20(28)25-21-18(23)2-1-3-19(21)24/h1-7H,8-15H2,(H,25,28). The highest BCUT2D eigenvalue weighted by molar-refractivity contribution is 6.39. The van der Waals surface area contributed by atoms with Crippen LogP contribution in [-0.2, 0) is 4.79 Å². The Morgan fingerprint density at radius 2 is 1.48 bits per heavy atom. The number of benzene rings is 2. The first-order valence-electron chi connectivity index (χ1n) is 9.58. The Hall–Kier alpha value is -1.50. The normalized spacial score (nSPS) is 15.3. The number of rotatable bonds is 8. The summed E-state index contributed by atoms with van der Waals surface area (Å²) in [6.45, 7) is 6.01. The van der Waals surface area contributed by atoms with E-state index >= 15 is 0 Å². The molecule has 1 saturated heterocycles. The average Bonchev–Trinajstić information content (AvgIpc) is 2.72. The van der Waals surface area contributed by atoms with Gasteiger partial charge in [-0.25, -0.2) is 0 Å². The van der Waals surface area contributed by atoms with Crippen molar-refractivity contribution < 1.29 is 9.53 Å². The predicted octanol–water partition coefficient (Wildman–Crippen LogP) is 4.67. The van der Waals surface area contributed by atoms with E-state index in [1.54, 1.807) is 18.2 Å². The Bertz CT molecular complexity index is 789. The fourth-order valence-electron chi connectivity index (χ4n) is 3.14. The molecule has 0 aromatic heterocycles. The molecule has 0 saturated carbocycles. The van der Waals surface area contributed by atoms with Crippen molar-refractivity contribution in [2.24, 2.45) is 0 Å². The highest BCUT2D eigenvalue weighted by Gasteiger charge is 2.18. The molecule has 1 heterocycles. The SMILES string of the molecule is O=C(CCN1CCN(CCOc2ccc(Cl)cc2)CC1)Nc1c(Cl)cccc1Cl. The molecule has 1 fully saturated rings. The third-order valence-electron chi connectivity index (χ3n) is 4.84. The van der Waals surface area contributed by atoms with Crippen LogP contribution in [0.3, 0.4) is 0 Å². The van der Waals surface area contributed by atoms with E-state index in [1.165, 1.54) is 0 Å². The second-order valence-corrected chi connectivity index (χ2v) is 8.13. The van der Waals surface area contributed by atoms with Crippen molar-refractivity contribution in [3.63, 3.8) is 0 Å². The van der Waals surface area contributed by atoms with Gasteiger partial charge in [0, 0.05) is 50.7 Å². The van der Waals surface area contributed by atoms with Crippen LogP contribution in [0.1, 0.15) is 6.42 Å². The Kier molecular flexibility index (Phi) is 8.45. The maximum Gasteiger partial charge on any atom is 0.225 e. The molecule has 0 radical (unpaired) electrons. The number of ether oxygens (including phenoxy) is 1. The van der Waals surface area contributed by atoms with Crippen LogP contribution in [0.2, 0.25) is 15.1 Å². The van der Waals surface area contributed by atoms with Crippen molar-refractivity contribution in [2.75, 3.05) is 51.2 Å². The number of halogens is 3. The number of nitrogens with zero attached hydrogens (tertiary/aromatic N) is 2. The molecule has 0 unspecified atom stereocenters. The van der Waals surface area contributed by atoms with E-state index in [0.717, 1.165) is 38.5 Å². The minimum atomic E-state index is -0.0844. The van der Waals surface area contributed by atoms with Crippen LogP contribution in [0.4, 0.5) is 5.69 Å². The third kappa shape index (κ3) is 7.05. The molecule has 1 amide bonds. The molecule has 8 heteroatoms. The van der Waals surface area contributed by atoms with Gasteiger partial charge in [0.2, 0.25) is 5.91 Å². The monoisotopic (exact) mass is 455 g/mol. The fourth-order valence-corrected chi connectivity index (χ4v) is 3.76. The van der Waals surface area contributed by atoms with E-state index in [9.17, 15) is 4.79 Å². The number of hydrogen-bond acceptors (Lipinski definition) is 4. The minimum Gasteiger partial charge on any atom is -0.492 e. The topological polar surface area (TPSA) is 44.8 Å².